The minimum Gasteiger partial charge on any atom is -0.508 e. The molecule has 0 aliphatic rings. The molecule has 0 amide bonds. The van der Waals surface area contributed by atoms with Gasteiger partial charge in [0.15, 0.2) is 9.84 Å². The molecule has 0 spiro atoms. The number of hydrogen-bond acceptors (Lipinski definition) is 4. The van der Waals surface area contributed by atoms with Crippen LogP contribution in [-0.4, -0.2) is 24.8 Å². The number of aryl methyl sites for hydroxylation is 1. The van der Waals surface area contributed by atoms with Crippen LogP contribution in [0.1, 0.15) is 11.3 Å². The first kappa shape index (κ1) is 21.6. The van der Waals surface area contributed by atoms with Gasteiger partial charge >= 0.3 is 0 Å². The molecule has 0 bridgehead atoms. The number of halogens is 1. The highest BCUT2D eigenvalue weighted by Crippen LogP contribution is 2.37. The van der Waals surface area contributed by atoms with E-state index in [1.165, 1.54) is 18.4 Å². The van der Waals surface area contributed by atoms with Crippen molar-refractivity contribution in [3.8, 4) is 33.9 Å². The molecule has 0 saturated carbocycles. The topological polar surface area (TPSA) is 79.4 Å². The average molecular weight is 452 g/mol. The maximum atomic E-state index is 13.6. The van der Waals surface area contributed by atoms with Gasteiger partial charge in [-0.3, -0.25) is 0 Å². The van der Waals surface area contributed by atoms with Crippen LogP contribution in [0.5, 0.6) is 11.5 Å². The summed E-state index contributed by atoms with van der Waals surface area (Å²) in [4.78, 5) is 3.62. The van der Waals surface area contributed by atoms with Crippen LogP contribution in [-0.2, 0) is 16.4 Å². The van der Waals surface area contributed by atoms with Crippen molar-refractivity contribution < 1.29 is 22.7 Å². The molecule has 0 aliphatic heterocycles. The van der Waals surface area contributed by atoms with E-state index in [4.69, 9.17) is 4.74 Å². The molecule has 5 nitrogen and oxygen atoms in total. The van der Waals surface area contributed by atoms with E-state index in [-0.39, 0.29) is 23.1 Å². The second-order valence-corrected chi connectivity index (χ2v) is 9.58. The highest BCUT2D eigenvalue weighted by atomic mass is 32.2. The molecular weight excluding hydrogens is 429 g/mol. The lowest BCUT2D eigenvalue weighted by molar-refractivity contribution is 0.305. The number of ether oxygens (including phenoxy) is 1. The first-order chi connectivity index (χ1) is 15.2. The zero-order valence-electron chi connectivity index (χ0n) is 17.6. The fourth-order valence-electron chi connectivity index (χ4n) is 3.56. The monoisotopic (exact) mass is 451 g/mol. The van der Waals surface area contributed by atoms with Crippen LogP contribution in [0.3, 0.4) is 0 Å². The lowest BCUT2D eigenvalue weighted by Gasteiger charge is -2.11. The number of aromatic hydroxyl groups is 1. The lowest BCUT2D eigenvalue weighted by atomic mass is 9.97. The van der Waals surface area contributed by atoms with E-state index in [9.17, 15) is 17.9 Å². The molecule has 0 radical (unpaired) electrons. The second kappa shape index (κ2) is 8.51. The number of phenolic OH excluding ortho intramolecular Hbond substituents is 1. The predicted octanol–water partition coefficient (Wildman–Crippen LogP) is 5.48. The van der Waals surface area contributed by atoms with Gasteiger partial charge in [-0.15, -0.1) is 0 Å². The van der Waals surface area contributed by atoms with Crippen LogP contribution in [0.15, 0.2) is 77.7 Å². The molecule has 2 N–H and O–H groups in total. The van der Waals surface area contributed by atoms with Gasteiger partial charge in [0.2, 0.25) is 0 Å². The zero-order valence-corrected chi connectivity index (χ0v) is 18.4. The third-order valence-corrected chi connectivity index (χ3v) is 6.37. The Morgan fingerprint density at radius 2 is 1.50 bits per heavy atom. The number of H-pyrrole nitrogens is 1. The first-order valence-electron chi connectivity index (χ1n) is 9.92. The molecule has 1 aromatic heterocycles. The molecule has 4 rings (SSSR count). The van der Waals surface area contributed by atoms with Crippen molar-refractivity contribution in [2.45, 2.75) is 18.4 Å². The van der Waals surface area contributed by atoms with Crippen molar-refractivity contribution in [3.63, 3.8) is 0 Å². The van der Waals surface area contributed by atoms with Crippen LogP contribution in [0.25, 0.3) is 22.4 Å². The van der Waals surface area contributed by atoms with Crippen LogP contribution in [0.2, 0.25) is 0 Å². The van der Waals surface area contributed by atoms with Gasteiger partial charge in [-0.2, -0.15) is 0 Å². The molecule has 0 atom stereocenters. The Labute approximate surface area is 186 Å². The molecule has 0 saturated heterocycles. The minimum atomic E-state index is -3.30. The van der Waals surface area contributed by atoms with Crippen molar-refractivity contribution in [1.82, 2.24) is 4.98 Å². The first-order valence-corrected chi connectivity index (χ1v) is 11.8. The fraction of sp³-hybridized carbons (Fsp3) is 0.120. The van der Waals surface area contributed by atoms with Gasteiger partial charge in [0.1, 0.15) is 23.9 Å². The van der Waals surface area contributed by atoms with Gasteiger partial charge in [0.05, 0.1) is 10.6 Å². The maximum Gasteiger partial charge on any atom is 0.175 e. The summed E-state index contributed by atoms with van der Waals surface area (Å²) in [5.41, 5.74) is 5.03. The normalized spacial score (nSPS) is 11.5. The number of benzene rings is 3. The van der Waals surface area contributed by atoms with E-state index >= 15 is 0 Å². The smallest absolute Gasteiger partial charge is 0.175 e. The largest absolute Gasteiger partial charge is 0.508 e. The molecule has 0 unspecified atom stereocenters. The summed E-state index contributed by atoms with van der Waals surface area (Å²) in [6.07, 6.45) is 1.17. The number of nitrogens with one attached hydrogen (secondary N) is 1. The molecule has 0 aliphatic carbocycles. The Morgan fingerprint density at radius 1 is 0.906 bits per heavy atom. The van der Waals surface area contributed by atoms with Gasteiger partial charge in [-0.1, -0.05) is 24.3 Å². The van der Waals surface area contributed by atoms with Gasteiger partial charge in [0, 0.05) is 23.1 Å². The maximum absolute atomic E-state index is 13.6. The van der Waals surface area contributed by atoms with Crippen LogP contribution >= 0.6 is 0 Å². The predicted molar refractivity (Wildman–Crippen MR) is 122 cm³/mol. The SMILES string of the molecule is Cc1[nH]c(-c2ccc(S(C)(=O)=O)cc2)c(-c2ccc(F)cc2)c1COc1ccc(O)cc1. The number of hydrogen-bond donors (Lipinski definition) is 2. The molecule has 4 aromatic rings. The van der Waals surface area contributed by atoms with Gasteiger partial charge in [-0.25, -0.2) is 12.8 Å². The van der Waals surface area contributed by atoms with E-state index in [1.54, 1.807) is 60.7 Å². The van der Waals surface area contributed by atoms with E-state index in [0.717, 1.165) is 33.6 Å². The van der Waals surface area contributed by atoms with E-state index in [1.807, 2.05) is 6.92 Å². The summed E-state index contributed by atoms with van der Waals surface area (Å²) >= 11 is 0. The molecule has 3 aromatic carbocycles. The van der Waals surface area contributed by atoms with Crippen molar-refractivity contribution in [3.05, 3.63) is 89.9 Å². The Hall–Kier alpha value is -3.58. The van der Waals surface area contributed by atoms with E-state index in [2.05, 4.69) is 4.98 Å². The molecule has 1 heterocycles. The van der Waals surface area contributed by atoms with Crippen molar-refractivity contribution >= 4 is 9.84 Å². The van der Waals surface area contributed by atoms with Gasteiger partial charge < -0.3 is 14.8 Å². The highest BCUT2D eigenvalue weighted by molar-refractivity contribution is 7.90. The molecule has 32 heavy (non-hydrogen) atoms. The Balaban J connectivity index is 1.78. The Morgan fingerprint density at radius 3 is 2.09 bits per heavy atom. The minimum absolute atomic E-state index is 0.155. The molecule has 0 fully saturated rings. The lowest BCUT2D eigenvalue weighted by Crippen LogP contribution is -1.98. The van der Waals surface area contributed by atoms with Crippen molar-refractivity contribution in [2.24, 2.45) is 0 Å². The number of aromatic amines is 1. The Bertz CT molecular complexity index is 1340. The zero-order chi connectivity index (χ0) is 22.9. The standard InChI is InChI=1S/C25H22FNO4S/c1-16-23(15-31-21-11-9-20(28)10-12-21)24(17-3-7-19(26)8-4-17)25(27-16)18-5-13-22(14-6-18)32(2,29)30/h3-14,27-28H,15H2,1-2H3. The fourth-order valence-corrected chi connectivity index (χ4v) is 4.19. The van der Waals surface area contributed by atoms with Crippen LogP contribution in [0.4, 0.5) is 4.39 Å². The van der Waals surface area contributed by atoms with Crippen LogP contribution < -0.4 is 4.74 Å². The summed E-state index contributed by atoms with van der Waals surface area (Å²) in [5.74, 6) is 0.427. The number of phenols is 1. The summed E-state index contributed by atoms with van der Waals surface area (Å²) in [6, 6.07) is 19.3. The van der Waals surface area contributed by atoms with E-state index in [0.29, 0.717) is 5.75 Å². The highest BCUT2D eigenvalue weighted by Gasteiger charge is 2.19. The number of rotatable bonds is 6. The Kier molecular flexibility index (Phi) is 5.76. The molecular formula is C25H22FNO4S. The quantitative estimate of drug-likeness (QED) is 0.407. The average Bonchev–Trinajstić information content (AvgIpc) is 3.09. The van der Waals surface area contributed by atoms with Crippen molar-refractivity contribution in [1.29, 1.82) is 0 Å². The van der Waals surface area contributed by atoms with Gasteiger partial charge in [-0.05, 0) is 66.6 Å². The summed E-state index contributed by atoms with van der Waals surface area (Å²) in [5, 5.41) is 9.47. The summed E-state index contributed by atoms with van der Waals surface area (Å²) in [7, 11) is -3.30. The van der Waals surface area contributed by atoms with Crippen LogP contribution in [0, 0.1) is 12.7 Å². The van der Waals surface area contributed by atoms with E-state index < -0.39 is 9.84 Å². The summed E-state index contributed by atoms with van der Waals surface area (Å²) < 4.78 is 43.2. The summed E-state index contributed by atoms with van der Waals surface area (Å²) in [6.45, 7) is 2.18. The number of sulfone groups is 1. The van der Waals surface area contributed by atoms with Gasteiger partial charge in [0.25, 0.3) is 0 Å². The van der Waals surface area contributed by atoms with Crippen molar-refractivity contribution in [2.75, 3.05) is 6.26 Å². The second-order valence-electron chi connectivity index (χ2n) is 7.56. The third-order valence-electron chi connectivity index (χ3n) is 5.24. The number of aromatic nitrogens is 1. The third kappa shape index (κ3) is 4.53. The molecule has 164 valence electrons. The molecule has 7 heteroatoms.